The van der Waals surface area contributed by atoms with Crippen molar-refractivity contribution in [1.29, 1.82) is 0 Å². The zero-order valence-corrected chi connectivity index (χ0v) is 13.2. The quantitative estimate of drug-likeness (QED) is 0.848. The van der Waals surface area contributed by atoms with E-state index in [-0.39, 0.29) is 23.8 Å². The molecule has 2 amide bonds. The first-order valence-electron chi connectivity index (χ1n) is 7.12. The summed E-state index contributed by atoms with van der Waals surface area (Å²) >= 11 is 0. The molecular weight excluding hydrogens is 271 g/mol. The number of carbonyl (C=O) groups excluding carboxylic acids is 1. The zero-order chi connectivity index (χ0) is 16.0. The van der Waals surface area contributed by atoms with E-state index in [0.29, 0.717) is 18.5 Å². The Bertz CT molecular complexity index is 475. The summed E-state index contributed by atoms with van der Waals surface area (Å²) in [7, 11) is 1.63. The molecule has 0 saturated carbocycles. The Balaban J connectivity index is 2.50. The number of urea groups is 1. The smallest absolute Gasteiger partial charge is 0.317 e. The number of rotatable bonds is 6. The van der Waals surface area contributed by atoms with Crippen molar-refractivity contribution in [2.75, 3.05) is 13.6 Å². The summed E-state index contributed by atoms with van der Waals surface area (Å²) in [4.78, 5) is 13.5. The molecule has 4 nitrogen and oxygen atoms in total. The van der Waals surface area contributed by atoms with E-state index >= 15 is 0 Å². The predicted octanol–water partition coefficient (Wildman–Crippen LogP) is 2.76. The van der Waals surface area contributed by atoms with Crippen molar-refractivity contribution in [1.82, 2.24) is 10.2 Å². The van der Waals surface area contributed by atoms with Gasteiger partial charge >= 0.3 is 6.03 Å². The molecule has 1 aromatic rings. The van der Waals surface area contributed by atoms with Crippen LogP contribution in [-0.2, 0) is 6.54 Å². The molecule has 1 atom stereocenters. The standard InChI is InChI=1S/C16H25FN2O2/c1-12(20)9-16(2,3)11-18-15(21)19(4)10-13-7-5-6-8-14(13)17/h5-8,12,20H,9-11H2,1-4H3,(H,18,21). The van der Waals surface area contributed by atoms with Gasteiger partial charge in [0.25, 0.3) is 0 Å². The number of carbonyl (C=O) groups is 1. The topological polar surface area (TPSA) is 52.6 Å². The molecule has 0 bridgehead atoms. The first kappa shape index (κ1) is 17.4. The van der Waals surface area contributed by atoms with Gasteiger partial charge in [-0.3, -0.25) is 0 Å². The molecular formula is C16H25FN2O2. The first-order valence-corrected chi connectivity index (χ1v) is 7.12. The van der Waals surface area contributed by atoms with Gasteiger partial charge in [-0.2, -0.15) is 0 Å². The third-order valence-corrected chi connectivity index (χ3v) is 3.28. The number of nitrogens with one attached hydrogen (secondary N) is 1. The Labute approximate surface area is 126 Å². The van der Waals surface area contributed by atoms with Crippen LogP contribution in [0.15, 0.2) is 24.3 Å². The maximum absolute atomic E-state index is 13.5. The van der Waals surface area contributed by atoms with Crippen LogP contribution in [0.1, 0.15) is 32.8 Å². The van der Waals surface area contributed by atoms with Crippen LogP contribution in [-0.4, -0.2) is 35.7 Å². The molecule has 0 aliphatic rings. The van der Waals surface area contributed by atoms with Crippen molar-refractivity contribution in [3.8, 4) is 0 Å². The molecule has 0 aliphatic carbocycles. The van der Waals surface area contributed by atoms with Crippen LogP contribution in [0.5, 0.6) is 0 Å². The molecule has 21 heavy (non-hydrogen) atoms. The minimum Gasteiger partial charge on any atom is -0.393 e. The van der Waals surface area contributed by atoms with E-state index in [1.165, 1.54) is 11.0 Å². The molecule has 0 aliphatic heterocycles. The second-order valence-corrected chi connectivity index (χ2v) is 6.32. The van der Waals surface area contributed by atoms with Crippen molar-refractivity contribution in [2.24, 2.45) is 5.41 Å². The highest BCUT2D eigenvalue weighted by Gasteiger charge is 2.22. The number of hydrogen-bond acceptors (Lipinski definition) is 2. The fourth-order valence-corrected chi connectivity index (χ4v) is 2.28. The van der Waals surface area contributed by atoms with E-state index in [2.05, 4.69) is 5.32 Å². The lowest BCUT2D eigenvalue weighted by atomic mass is 9.87. The van der Waals surface area contributed by atoms with E-state index in [1.807, 2.05) is 13.8 Å². The summed E-state index contributed by atoms with van der Waals surface area (Å²) in [6.07, 6.45) is 0.192. The molecule has 0 saturated heterocycles. The fourth-order valence-electron chi connectivity index (χ4n) is 2.28. The number of nitrogens with zero attached hydrogens (tertiary/aromatic N) is 1. The lowest BCUT2D eigenvalue weighted by Crippen LogP contribution is -2.42. The Morgan fingerprint density at radius 2 is 2.05 bits per heavy atom. The molecule has 1 rings (SSSR count). The summed E-state index contributed by atoms with van der Waals surface area (Å²) in [6, 6.07) is 6.16. The zero-order valence-electron chi connectivity index (χ0n) is 13.2. The lowest BCUT2D eigenvalue weighted by Gasteiger charge is -2.28. The van der Waals surface area contributed by atoms with Crippen molar-refractivity contribution in [3.63, 3.8) is 0 Å². The molecule has 0 fully saturated rings. The highest BCUT2D eigenvalue weighted by molar-refractivity contribution is 5.73. The number of benzene rings is 1. The number of halogens is 1. The SMILES string of the molecule is CC(O)CC(C)(C)CNC(=O)N(C)Cc1ccccc1F. The Hall–Kier alpha value is -1.62. The fraction of sp³-hybridized carbons (Fsp3) is 0.562. The molecule has 1 aromatic carbocycles. The van der Waals surface area contributed by atoms with Gasteiger partial charge in [-0.1, -0.05) is 32.0 Å². The third kappa shape index (κ3) is 6.12. The van der Waals surface area contributed by atoms with Crippen LogP contribution in [0.3, 0.4) is 0 Å². The van der Waals surface area contributed by atoms with Crippen molar-refractivity contribution >= 4 is 6.03 Å². The monoisotopic (exact) mass is 296 g/mol. The van der Waals surface area contributed by atoms with E-state index in [4.69, 9.17) is 0 Å². The Kier molecular flexibility index (Phi) is 6.15. The summed E-state index contributed by atoms with van der Waals surface area (Å²) in [6.45, 7) is 6.37. The number of aliphatic hydroxyl groups excluding tert-OH is 1. The normalized spacial score (nSPS) is 12.9. The van der Waals surface area contributed by atoms with Gasteiger partial charge in [0.2, 0.25) is 0 Å². The Morgan fingerprint density at radius 3 is 2.62 bits per heavy atom. The largest absolute Gasteiger partial charge is 0.393 e. The third-order valence-electron chi connectivity index (χ3n) is 3.28. The van der Waals surface area contributed by atoms with Gasteiger partial charge in [-0.25, -0.2) is 9.18 Å². The van der Waals surface area contributed by atoms with E-state index in [9.17, 15) is 14.3 Å². The van der Waals surface area contributed by atoms with Crippen molar-refractivity contribution in [2.45, 2.75) is 39.8 Å². The van der Waals surface area contributed by atoms with Gasteiger partial charge in [-0.15, -0.1) is 0 Å². The summed E-state index contributed by atoms with van der Waals surface area (Å²) in [5, 5.41) is 12.2. The van der Waals surface area contributed by atoms with Crippen molar-refractivity contribution < 1.29 is 14.3 Å². The highest BCUT2D eigenvalue weighted by atomic mass is 19.1. The molecule has 1 unspecified atom stereocenters. The molecule has 0 spiro atoms. The number of aliphatic hydroxyl groups is 1. The van der Waals surface area contributed by atoms with Crippen LogP contribution >= 0.6 is 0 Å². The molecule has 118 valence electrons. The average Bonchev–Trinajstić information content (AvgIpc) is 2.37. The van der Waals surface area contributed by atoms with Crippen LogP contribution in [0.25, 0.3) is 0 Å². The van der Waals surface area contributed by atoms with E-state index < -0.39 is 6.10 Å². The van der Waals surface area contributed by atoms with Crippen LogP contribution in [0.4, 0.5) is 9.18 Å². The first-order chi connectivity index (χ1) is 9.71. The van der Waals surface area contributed by atoms with Gasteiger partial charge in [0.15, 0.2) is 0 Å². The molecule has 2 N–H and O–H groups in total. The van der Waals surface area contributed by atoms with Gasteiger partial charge < -0.3 is 15.3 Å². The van der Waals surface area contributed by atoms with Crippen LogP contribution < -0.4 is 5.32 Å². The molecule has 0 aromatic heterocycles. The summed E-state index contributed by atoms with van der Waals surface area (Å²) in [5.74, 6) is -0.313. The molecule has 5 heteroatoms. The average molecular weight is 296 g/mol. The maximum Gasteiger partial charge on any atom is 0.317 e. The molecule has 0 radical (unpaired) electrons. The summed E-state index contributed by atoms with van der Waals surface area (Å²) < 4.78 is 13.5. The predicted molar refractivity (Wildman–Crippen MR) is 81.3 cm³/mol. The van der Waals surface area contributed by atoms with Gasteiger partial charge in [0, 0.05) is 25.7 Å². The van der Waals surface area contributed by atoms with E-state index in [1.54, 1.807) is 32.2 Å². The lowest BCUT2D eigenvalue weighted by molar-refractivity contribution is 0.127. The van der Waals surface area contributed by atoms with Crippen LogP contribution in [0.2, 0.25) is 0 Å². The second-order valence-electron chi connectivity index (χ2n) is 6.32. The van der Waals surface area contributed by atoms with Crippen molar-refractivity contribution in [3.05, 3.63) is 35.6 Å². The Morgan fingerprint density at radius 1 is 1.43 bits per heavy atom. The molecule has 0 heterocycles. The maximum atomic E-state index is 13.5. The van der Waals surface area contributed by atoms with E-state index in [0.717, 1.165) is 0 Å². The second kappa shape index (κ2) is 7.41. The number of amides is 2. The summed E-state index contributed by atoms with van der Waals surface area (Å²) in [5.41, 5.74) is 0.293. The van der Waals surface area contributed by atoms with Gasteiger partial charge in [0.05, 0.1) is 6.10 Å². The van der Waals surface area contributed by atoms with Crippen LogP contribution in [0, 0.1) is 11.2 Å². The van der Waals surface area contributed by atoms with Gasteiger partial charge in [0.1, 0.15) is 5.82 Å². The minimum atomic E-state index is -0.409. The number of hydrogen-bond donors (Lipinski definition) is 2. The minimum absolute atomic E-state index is 0.192. The van der Waals surface area contributed by atoms with Gasteiger partial charge in [-0.05, 0) is 24.8 Å². The highest BCUT2D eigenvalue weighted by Crippen LogP contribution is 2.21.